The lowest BCUT2D eigenvalue weighted by molar-refractivity contribution is -0.138. The summed E-state index contributed by atoms with van der Waals surface area (Å²) < 4.78 is 0. The van der Waals surface area contributed by atoms with Crippen LogP contribution in [0.4, 0.5) is 9.41 Å². The molecule has 0 heterocycles. The summed E-state index contributed by atoms with van der Waals surface area (Å²) in [6.45, 7) is 0.501. The van der Waals surface area contributed by atoms with Crippen LogP contribution in [0.1, 0.15) is 12.8 Å². The summed E-state index contributed by atoms with van der Waals surface area (Å²) in [6, 6.07) is -0.742. The van der Waals surface area contributed by atoms with E-state index in [4.69, 9.17) is 16.6 Å². The number of carboxylic acid groups (broad SMARTS) is 1. The number of hydrogen-bond acceptors (Lipinski definition) is 3. The molecule has 0 aliphatic rings. The van der Waals surface area contributed by atoms with Crippen molar-refractivity contribution in [2.24, 2.45) is 11.5 Å². The van der Waals surface area contributed by atoms with Crippen molar-refractivity contribution in [2.45, 2.75) is 18.9 Å². The average molecular weight is 172 g/mol. The summed E-state index contributed by atoms with van der Waals surface area (Å²) in [7, 11) is 0. The molecule has 0 aliphatic carbocycles. The lowest BCUT2D eigenvalue weighted by atomic mass is 10.2. The predicted octanol–water partition coefficient (Wildman–Crippen LogP) is -0.558. The van der Waals surface area contributed by atoms with Gasteiger partial charge in [0.2, 0.25) is 0 Å². The van der Waals surface area contributed by atoms with Crippen LogP contribution < -0.4 is 11.5 Å². The van der Waals surface area contributed by atoms with Gasteiger partial charge in [-0.15, -0.1) is 0 Å². The molecule has 0 spiro atoms. The van der Waals surface area contributed by atoms with E-state index in [-0.39, 0.29) is 9.41 Å². The molecule has 0 saturated heterocycles. The summed E-state index contributed by atoms with van der Waals surface area (Å²) in [6.07, 6.45) is 1.14. The summed E-state index contributed by atoms with van der Waals surface area (Å²) in [5.41, 5.74) is 10.3. The summed E-state index contributed by atoms with van der Waals surface area (Å²) >= 11 is 0. The van der Waals surface area contributed by atoms with Gasteiger partial charge in [0.25, 0.3) is 0 Å². The fourth-order valence-electron chi connectivity index (χ4n) is 0.461. The molecule has 0 radical (unpaired) electrons. The second-order valence-corrected chi connectivity index (χ2v) is 1.88. The molecule has 0 aromatic heterocycles. The van der Waals surface area contributed by atoms with Crippen molar-refractivity contribution in [3.05, 3.63) is 0 Å². The van der Waals surface area contributed by atoms with Gasteiger partial charge in [-0.3, -0.25) is 14.2 Å². The van der Waals surface area contributed by atoms with E-state index in [1.807, 2.05) is 0 Å². The molecule has 5 N–H and O–H groups in total. The van der Waals surface area contributed by atoms with E-state index in [1.54, 1.807) is 0 Å². The average Bonchev–Trinajstić information content (AvgIpc) is 1.82. The predicted molar refractivity (Wildman–Crippen MR) is 38.9 cm³/mol. The molecule has 0 aromatic carbocycles. The first kappa shape index (κ1) is 16.7. The van der Waals surface area contributed by atoms with Crippen LogP contribution in [0.25, 0.3) is 0 Å². The van der Waals surface area contributed by atoms with Crippen LogP contribution in [-0.2, 0) is 4.79 Å². The van der Waals surface area contributed by atoms with E-state index in [2.05, 4.69) is 0 Å². The second kappa shape index (κ2) is 9.25. The highest BCUT2D eigenvalue weighted by Gasteiger charge is 2.08. The normalized spacial score (nSPS) is 10.7. The summed E-state index contributed by atoms with van der Waals surface area (Å²) in [5.74, 6) is -0.955. The van der Waals surface area contributed by atoms with E-state index < -0.39 is 12.0 Å². The highest BCUT2D eigenvalue weighted by Crippen LogP contribution is 1.91. The maximum Gasteiger partial charge on any atom is 0.320 e. The van der Waals surface area contributed by atoms with Crippen molar-refractivity contribution in [2.75, 3.05) is 6.54 Å². The molecule has 6 heteroatoms. The van der Waals surface area contributed by atoms with Gasteiger partial charge >= 0.3 is 5.97 Å². The van der Waals surface area contributed by atoms with E-state index in [0.29, 0.717) is 19.4 Å². The molecule has 4 nitrogen and oxygen atoms in total. The van der Waals surface area contributed by atoms with Crippen LogP contribution >= 0.6 is 0 Å². The molecule has 1 unspecified atom stereocenters. The quantitative estimate of drug-likeness (QED) is 0.530. The minimum Gasteiger partial charge on any atom is -0.480 e. The van der Waals surface area contributed by atoms with Crippen molar-refractivity contribution < 1.29 is 19.3 Å². The zero-order chi connectivity index (χ0) is 7.28. The Morgan fingerprint density at radius 2 is 1.91 bits per heavy atom. The number of nitrogens with two attached hydrogens (primary N) is 2. The SMILES string of the molecule is F.F.NCCCC(N)C(=O)O. The Kier molecular flexibility index (Phi) is 14.0. The van der Waals surface area contributed by atoms with Crippen molar-refractivity contribution in [1.82, 2.24) is 0 Å². The monoisotopic (exact) mass is 172 g/mol. The van der Waals surface area contributed by atoms with Gasteiger partial charge in [0, 0.05) is 0 Å². The van der Waals surface area contributed by atoms with Crippen LogP contribution in [0, 0.1) is 0 Å². The second-order valence-electron chi connectivity index (χ2n) is 1.88. The maximum absolute atomic E-state index is 10.0. The first-order valence-electron chi connectivity index (χ1n) is 2.87. The van der Waals surface area contributed by atoms with Gasteiger partial charge in [-0.1, -0.05) is 0 Å². The van der Waals surface area contributed by atoms with E-state index in [1.165, 1.54) is 0 Å². The molecule has 0 saturated carbocycles. The third-order valence-electron chi connectivity index (χ3n) is 1.04. The van der Waals surface area contributed by atoms with Crippen LogP contribution in [0.3, 0.4) is 0 Å². The van der Waals surface area contributed by atoms with Gasteiger partial charge < -0.3 is 16.6 Å². The van der Waals surface area contributed by atoms with Gasteiger partial charge in [0.1, 0.15) is 6.04 Å². The number of aliphatic carboxylic acids is 1. The van der Waals surface area contributed by atoms with Crippen LogP contribution in [-0.4, -0.2) is 23.7 Å². The van der Waals surface area contributed by atoms with Gasteiger partial charge in [-0.2, -0.15) is 0 Å². The Labute approximate surface area is 63.3 Å². The van der Waals surface area contributed by atoms with Gasteiger partial charge in [-0.25, -0.2) is 0 Å². The number of hydrogen-bond donors (Lipinski definition) is 3. The Morgan fingerprint density at radius 1 is 1.45 bits per heavy atom. The molecule has 70 valence electrons. The fourth-order valence-corrected chi connectivity index (χ4v) is 0.461. The highest BCUT2D eigenvalue weighted by molar-refractivity contribution is 5.72. The molecule has 0 bridgehead atoms. The largest absolute Gasteiger partial charge is 0.480 e. The Hall–Kier alpha value is -0.750. The Balaban J connectivity index is -0.000000320. The molecule has 0 aliphatic heterocycles. The smallest absolute Gasteiger partial charge is 0.320 e. The van der Waals surface area contributed by atoms with E-state index in [0.717, 1.165) is 0 Å². The topological polar surface area (TPSA) is 89.3 Å². The minimum absolute atomic E-state index is 0. The van der Waals surface area contributed by atoms with Crippen molar-refractivity contribution >= 4 is 5.97 Å². The lowest BCUT2D eigenvalue weighted by Crippen LogP contribution is -2.30. The number of halogens is 2. The molecule has 0 aromatic rings. The molecule has 0 rings (SSSR count). The standard InChI is InChI=1S/C5H12N2O2.2FH/c6-3-1-2-4(7)5(8)9;;/h4H,1-3,6-7H2,(H,8,9);2*1H. The van der Waals surface area contributed by atoms with Gasteiger partial charge in [0.15, 0.2) is 0 Å². The molecular formula is C5H14F2N2O2. The third kappa shape index (κ3) is 9.25. The van der Waals surface area contributed by atoms with E-state index >= 15 is 0 Å². The van der Waals surface area contributed by atoms with Crippen LogP contribution in [0.5, 0.6) is 0 Å². The minimum atomic E-state index is -0.955. The number of rotatable bonds is 4. The van der Waals surface area contributed by atoms with Gasteiger partial charge in [-0.05, 0) is 19.4 Å². The van der Waals surface area contributed by atoms with E-state index in [9.17, 15) is 4.79 Å². The van der Waals surface area contributed by atoms with Crippen molar-refractivity contribution in [3.63, 3.8) is 0 Å². The molecular weight excluding hydrogens is 158 g/mol. The maximum atomic E-state index is 10.0. The molecule has 0 fully saturated rings. The summed E-state index contributed by atoms with van der Waals surface area (Å²) in [5, 5.41) is 8.24. The number of carbonyl (C=O) groups is 1. The first-order valence-corrected chi connectivity index (χ1v) is 2.87. The zero-order valence-corrected chi connectivity index (χ0v) is 6.03. The molecule has 1 atom stereocenters. The third-order valence-corrected chi connectivity index (χ3v) is 1.04. The zero-order valence-electron chi connectivity index (χ0n) is 6.03. The van der Waals surface area contributed by atoms with Crippen molar-refractivity contribution in [3.8, 4) is 0 Å². The van der Waals surface area contributed by atoms with Crippen LogP contribution in [0.15, 0.2) is 0 Å². The molecule has 0 amide bonds. The summed E-state index contributed by atoms with van der Waals surface area (Å²) in [4.78, 5) is 10.0. The lowest BCUT2D eigenvalue weighted by Gasteiger charge is -2.02. The fraction of sp³-hybridized carbons (Fsp3) is 0.800. The molecule has 11 heavy (non-hydrogen) atoms. The number of carboxylic acids is 1. The highest BCUT2D eigenvalue weighted by atomic mass is 19.0. The van der Waals surface area contributed by atoms with Crippen LogP contribution in [0.2, 0.25) is 0 Å². The van der Waals surface area contributed by atoms with Gasteiger partial charge in [0.05, 0.1) is 0 Å². The van der Waals surface area contributed by atoms with Crippen molar-refractivity contribution in [1.29, 1.82) is 0 Å². The first-order chi connectivity index (χ1) is 4.18. The Morgan fingerprint density at radius 3 is 2.18 bits per heavy atom. The Bertz CT molecular complexity index is 102.